The van der Waals surface area contributed by atoms with Crippen LogP contribution >= 0.6 is 0 Å². The lowest BCUT2D eigenvalue weighted by Gasteiger charge is -2.04. The van der Waals surface area contributed by atoms with E-state index in [0.717, 1.165) is 16.3 Å². The summed E-state index contributed by atoms with van der Waals surface area (Å²) in [6.45, 7) is 1.99. The first-order valence-corrected chi connectivity index (χ1v) is 8.96. The molecule has 4 heteroatoms. The van der Waals surface area contributed by atoms with Crippen molar-refractivity contribution in [3.8, 4) is 5.75 Å². The van der Waals surface area contributed by atoms with Gasteiger partial charge in [-0.2, -0.15) is 5.11 Å². The lowest BCUT2D eigenvalue weighted by Crippen LogP contribution is -2.00. The van der Waals surface area contributed by atoms with Crippen LogP contribution in [0, 0.1) is 6.92 Å². The van der Waals surface area contributed by atoms with Crippen LogP contribution in [-0.2, 0) is 0 Å². The number of benzene rings is 4. The Hall–Kier alpha value is -3.79. The number of nitrogens with zero attached hydrogens (tertiary/aromatic N) is 2. The highest BCUT2D eigenvalue weighted by atomic mass is 16.3. The van der Waals surface area contributed by atoms with Crippen molar-refractivity contribution in [3.63, 3.8) is 0 Å². The van der Waals surface area contributed by atoms with E-state index in [2.05, 4.69) is 10.2 Å². The highest BCUT2D eigenvalue weighted by molar-refractivity contribution is 6.09. The highest BCUT2D eigenvalue weighted by Crippen LogP contribution is 2.35. The molecule has 0 saturated heterocycles. The summed E-state index contributed by atoms with van der Waals surface area (Å²) >= 11 is 0. The van der Waals surface area contributed by atoms with Crippen LogP contribution in [0.15, 0.2) is 95.2 Å². The fraction of sp³-hybridized carbons (Fsp3) is 0.0417. The number of carbonyl (C=O) groups excluding carboxylic acids is 1. The van der Waals surface area contributed by atoms with Gasteiger partial charge in [0.15, 0.2) is 5.78 Å². The second-order valence-corrected chi connectivity index (χ2v) is 6.60. The largest absolute Gasteiger partial charge is 0.506 e. The number of hydrogen-bond donors (Lipinski definition) is 1. The Balaban J connectivity index is 1.59. The summed E-state index contributed by atoms with van der Waals surface area (Å²) in [6, 6.07) is 25.6. The zero-order valence-electron chi connectivity index (χ0n) is 15.3. The van der Waals surface area contributed by atoms with Crippen molar-refractivity contribution < 1.29 is 9.90 Å². The molecule has 0 spiro atoms. The molecule has 0 aliphatic carbocycles. The van der Waals surface area contributed by atoms with E-state index in [9.17, 15) is 9.90 Å². The van der Waals surface area contributed by atoms with Gasteiger partial charge in [-0.05, 0) is 42.6 Å². The monoisotopic (exact) mass is 366 g/mol. The van der Waals surface area contributed by atoms with Crippen LogP contribution in [0.3, 0.4) is 0 Å². The van der Waals surface area contributed by atoms with Gasteiger partial charge in [-0.3, -0.25) is 4.79 Å². The van der Waals surface area contributed by atoms with Crippen LogP contribution in [-0.4, -0.2) is 10.9 Å². The maximum absolute atomic E-state index is 12.6. The molecule has 0 radical (unpaired) electrons. The minimum atomic E-state index is -0.0322. The third kappa shape index (κ3) is 3.53. The van der Waals surface area contributed by atoms with Gasteiger partial charge in [0.1, 0.15) is 11.4 Å². The maximum atomic E-state index is 12.6. The topological polar surface area (TPSA) is 62.0 Å². The molecule has 1 N–H and O–H groups in total. The molecule has 28 heavy (non-hydrogen) atoms. The first-order valence-electron chi connectivity index (χ1n) is 8.96. The summed E-state index contributed by atoms with van der Waals surface area (Å²) in [5.41, 5.74) is 3.39. The van der Waals surface area contributed by atoms with Crippen LogP contribution in [0.5, 0.6) is 5.75 Å². The zero-order chi connectivity index (χ0) is 19.5. The first kappa shape index (κ1) is 17.6. The van der Waals surface area contributed by atoms with Crippen molar-refractivity contribution >= 4 is 27.9 Å². The summed E-state index contributed by atoms with van der Waals surface area (Å²) in [4.78, 5) is 12.6. The molecule has 0 aliphatic rings. The maximum Gasteiger partial charge on any atom is 0.193 e. The number of aryl methyl sites for hydroxylation is 1. The zero-order valence-corrected chi connectivity index (χ0v) is 15.3. The van der Waals surface area contributed by atoms with Crippen LogP contribution in [0.2, 0.25) is 0 Å². The highest BCUT2D eigenvalue weighted by Gasteiger charge is 2.09. The number of fused-ring (bicyclic) bond motifs is 1. The number of phenols is 1. The molecule has 0 saturated carbocycles. The number of rotatable bonds is 4. The lowest BCUT2D eigenvalue weighted by atomic mass is 10.0. The van der Waals surface area contributed by atoms with Crippen molar-refractivity contribution in [1.82, 2.24) is 0 Å². The molecule has 0 atom stereocenters. The summed E-state index contributed by atoms with van der Waals surface area (Å²) in [7, 11) is 0. The third-order valence-corrected chi connectivity index (χ3v) is 4.59. The summed E-state index contributed by atoms with van der Waals surface area (Å²) in [6.07, 6.45) is 0. The van der Waals surface area contributed by atoms with Crippen molar-refractivity contribution in [3.05, 3.63) is 102 Å². The number of azo groups is 1. The lowest BCUT2D eigenvalue weighted by molar-refractivity contribution is 0.103. The Morgan fingerprint density at radius 2 is 1.39 bits per heavy atom. The van der Waals surface area contributed by atoms with Crippen LogP contribution in [0.4, 0.5) is 11.4 Å². The Morgan fingerprint density at radius 3 is 2.11 bits per heavy atom. The molecule has 0 unspecified atom stereocenters. The number of carbonyl (C=O) groups is 1. The van der Waals surface area contributed by atoms with Gasteiger partial charge in [-0.1, -0.05) is 60.2 Å². The minimum Gasteiger partial charge on any atom is -0.506 e. The SMILES string of the molecule is Cc1ccc(C(=O)c2ccc(N=Nc3c(O)ccc4ccccc34)cc2)cc1. The Bertz CT molecular complexity index is 1180. The Labute approximate surface area is 162 Å². The minimum absolute atomic E-state index is 0.0322. The number of aromatic hydroxyl groups is 1. The number of phenolic OH excluding ortho intramolecular Hbond substituents is 1. The molecular weight excluding hydrogens is 348 g/mol. The van der Waals surface area contributed by atoms with Crippen LogP contribution < -0.4 is 0 Å². The summed E-state index contributed by atoms with van der Waals surface area (Å²) in [5, 5.41) is 20.4. The van der Waals surface area contributed by atoms with E-state index < -0.39 is 0 Å². The van der Waals surface area contributed by atoms with E-state index in [1.54, 1.807) is 30.3 Å². The molecule has 136 valence electrons. The molecule has 0 fully saturated rings. The molecule has 0 amide bonds. The van der Waals surface area contributed by atoms with Crippen LogP contribution in [0.25, 0.3) is 10.8 Å². The molecule has 4 aromatic rings. The predicted molar refractivity (Wildman–Crippen MR) is 111 cm³/mol. The predicted octanol–water partition coefficient (Wildman–Crippen LogP) is 6.50. The van der Waals surface area contributed by atoms with Gasteiger partial charge >= 0.3 is 0 Å². The standard InChI is InChI=1S/C24H18N2O2/c1-16-6-8-18(9-7-16)24(28)19-10-13-20(14-11-19)25-26-23-21-5-3-2-4-17(21)12-15-22(23)27/h2-15,27H,1H3. The molecule has 4 rings (SSSR count). The average Bonchev–Trinajstić information content (AvgIpc) is 2.73. The second-order valence-electron chi connectivity index (χ2n) is 6.60. The van der Waals surface area contributed by atoms with Crippen molar-refractivity contribution in [2.45, 2.75) is 6.92 Å². The molecular formula is C24H18N2O2. The van der Waals surface area contributed by atoms with Gasteiger partial charge in [0, 0.05) is 16.5 Å². The van der Waals surface area contributed by atoms with Gasteiger partial charge < -0.3 is 5.11 Å². The van der Waals surface area contributed by atoms with Gasteiger partial charge in [-0.15, -0.1) is 5.11 Å². The molecule has 4 aromatic carbocycles. The van der Waals surface area contributed by atoms with E-state index in [1.165, 1.54) is 0 Å². The van der Waals surface area contributed by atoms with E-state index in [0.29, 0.717) is 22.5 Å². The van der Waals surface area contributed by atoms with E-state index in [-0.39, 0.29) is 11.5 Å². The fourth-order valence-corrected chi connectivity index (χ4v) is 3.01. The van der Waals surface area contributed by atoms with E-state index in [4.69, 9.17) is 0 Å². The molecule has 0 aliphatic heterocycles. The smallest absolute Gasteiger partial charge is 0.193 e. The fourth-order valence-electron chi connectivity index (χ4n) is 3.01. The molecule has 0 heterocycles. The quantitative estimate of drug-likeness (QED) is 0.331. The van der Waals surface area contributed by atoms with E-state index >= 15 is 0 Å². The van der Waals surface area contributed by atoms with Gasteiger partial charge in [0.05, 0.1) is 5.69 Å². The van der Waals surface area contributed by atoms with Crippen molar-refractivity contribution in [2.75, 3.05) is 0 Å². The molecule has 4 nitrogen and oxygen atoms in total. The van der Waals surface area contributed by atoms with Crippen molar-refractivity contribution in [2.24, 2.45) is 10.2 Å². The normalized spacial score (nSPS) is 11.2. The van der Waals surface area contributed by atoms with Gasteiger partial charge in [0.25, 0.3) is 0 Å². The van der Waals surface area contributed by atoms with Crippen LogP contribution in [0.1, 0.15) is 21.5 Å². The van der Waals surface area contributed by atoms with Gasteiger partial charge in [0.2, 0.25) is 0 Å². The second kappa shape index (κ2) is 7.45. The Kier molecular flexibility index (Phi) is 4.68. The van der Waals surface area contributed by atoms with E-state index in [1.807, 2.05) is 61.5 Å². The third-order valence-electron chi connectivity index (χ3n) is 4.59. The van der Waals surface area contributed by atoms with Gasteiger partial charge in [-0.25, -0.2) is 0 Å². The summed E-state index contributed by atoms with van der Waals surface area (Å²) < 4.78 is 0. The van der Waals surface area contributed by atoms with Crippen molar-refractivity contribution in [1.29, 1.82) is 0 Å². The summed E-state index contributed by atoms with van der Waals surface area (Å²) in [5.74, 6) is 0.0452. The first-order chi connectivity index (χ1) is 13.6. The Morgan fingerprint density at radius 1 is 0.750 bits per heavy atom. The molecule has 0 bridgehead atoms. The molecule has 0 aromatic heterocycles. The number of hydrogen-bond acceptors (Lipinski definition) is 4. The number of ketones is 1. The average molecular weight is 366 g/mol.